The molecule has 17 heavy (non-hydrogen) atoms. The molecule has 2 aromatic rings. The number of alkyl halides is 3. The first kappa shape index (κ1) is 12.2. The van der Waals surface area contributed by atoms with Crippen molar-refractivity contribution in [2.45, 2.75) is 11.1 Å². The van der Waals surface area contributed by atoms with E-state index in [1.807, 2.05) is 0 Å². The van der Waals surface area contributed by atoms with Gasteiger partial charge in [0.15, 0.2) is 5.58 Å². The molecule has 2 rings (SSSR count). The van der Waals surface area contributed by atoms with Crippen LogP contribution >= 0.6 is 10.7 Å². The smallest absolute Gasteiger partial charge is 0.356 e. The van der Waals surface area contributed by atoms with E-state index in [4.69, 9.17) is 10.7 Å². The van der Waals surface area contributed by atoms with E-state index in [1.54, 1.807) is 0 Å². The minimum atomic E-state index is -4.75. The number of halogens is 4. The van der Waals surface area contributed by atoms with Crippen molar-refractivity contribution in [2.24, 2.45) is 0 Å². The van der Waals surface area contributed by atoms with E-state index in [9.17, 15) is 21.6 Å². The molecule has 0 aliphatic heterocycles. The van der Waals surface area contributed by atoms with Gasteiger partial charge in [-0.05, 0) is 12.1 Å². The van der Waals surface area contributed by atoms with Crippen molar-refractivity contribution < 1.29 is 26.1 Å². The first-order valence-corrected chi connectivity index (χ1v) is 6.41. The first-order valence-electron chi connectivity index (χ1n) is 4.10. The molecule has 0 saturated heterocycles. The highest BCUT2D eigenvalue weighted by atomic mass is 35.7. The third-order valence-corrected chi connectivity index (χ3v) is 3.35. The number of benzene rings is 1. The van der Waals surface area contributed by atoms with Crippen LogP contribution in [0.3, 0.4) is 0 Å². The molecule has 0 atom stereocenters. The Balaban J connectivity index is 2.86. The molecule has 0 bridgehead atoms. The van der Waals surface area contributed by atoms with Crippen LogP contribution in [0.2, 0.25) is 0 Å². The number of hydrogen-bond acceptors (Lipinski definition) is 4. The van der Waals surface area contributed by atoms with Crippen LogP contribution in [0.15, 0.2) is 27.7 Å². The molecule has 0 aliphatic carbocycles. The summed E-state index contributed by atoms with van der Waals surface area (Å²) in [6.07, 6.45) is -3.77. The summed E-state index contributed by atoms with van der Waals surface area (Å²) < 4.78 is 64.4. The van der Waals surface area contributed by atoms with E-state index in [0.717, 1.165) is 12.3 Å². The lowest BCUT2D eigenvalue weighted by Crippen LogP contribution is -2.06. The molecule has 0 N–H and O–H groups in total. The van der Waals surface area contributed by atoms with Crippen LogP contribution in [0.25, 0.3) is 11.0 Å². The summed E-state index contributed by atoms with van der Waals surface area (Å²) >= 11 is 0. The average molecular weight is 286 g/mol. The summed E-state index contributed by atoms with van der Waals surface area (Å²) in [5, 5.41) is 3.10. The monoisotopic (exact) mass is 285 g/mol. The van der Waals surface area contributed by atoms with Crippen molar-refractivity contribution in [1.29, 1.82) is 0 Å². The van der Waals surface area contributed by atoms with Crippen molar-refractivity contribution in [2.75, 3.05) is 0 Å². The van der Waals surface area contributed by atoms with Crippen LogP contribution in [-0.2, 0) is 15.2 Å². The van der Waals surface area contributed by atoms with Gasteiger partial charge in [-0.1, -0.05) is 5.16 Å². The van der Waals surface area contributed by atoms with E-state index < -0.39 is 31.3 Å². The molecule has 0 radical (unpaired) electrons. The summed E-state index contributed by atoms with van der Waals surface area (Å²) in [7, 11) is 0.750. The Hall–Kier alpha value is -1.28. The molecule has 1 aromatic heterocycles. The topological polar surface area (TPSA) is 60.2 Å². The van der Waals surface area contributed by atoms with Gasteiger partial charge >= 0.3 is 6.18 Å². The second kappa shape index (κ2) is 3.61. The number of nitrogens with zero attached hydrogens (tertiary/aromatic N) is 1. The Morgan fingerprint density at radius 2 is 1.94 bits per heavy atom. The van der Waals surface area contributed by atoms with Crippen LogP contribution in [-0.4, -0.2) is 13.6 Å². The number of hydrogen-bond donors (Lipinski definition) is 0. The summed E-state index contributed by atoms with van der Waals surface area (Å²) in [4.78, 5) is -0.651. The molecule has 0 saturated carbocycles. The van der Waals surface area contributed by atoms with Gasteiger partial charge in [0.25, 0.3) is 9.05 Å². The van der Waals surface area contributed by atoms with Crippen molar-refractivity contribution in [3.05, 3.63) is 23.9 Å². The van der Waals surface area contributed by atoms with E-state index in [-0.39, 0.29) is 5.39 Å². The summed E-state index contributed by atoms with van der Waals surface area (Å²) in [6.45, 7) is 0. The Morgan fingerprint density at radius 3 is 2.47 bits per heavy atom. The molecular formula is C8H3ClF3NO3S. The Morgan fingerprint density at radius 1 is 1.29 bits per heavy atom. The van der Waals surface area contributed by atoms with Gasteiger partial charge in [0.2, 0.25) is 0 Å². The molecule has 92 valence electrons. The van der Waals surface area contributed by atoms with Gasteiger partial charge < -0.3 is 4.52 Å². The lowest BCUT2D eigenvalue weighted by Gasteiger charge is -2.07. The van der Waals surface area contributed by atoms with Gasteiger partial charge in [0.1, 0.15) is 5.56 Å². The Labute approximate surface area is 97.4 Å². The van der Waals surface area contributed by atoms with Crippen LogP contribution in [0.5, 0.6) is 0 Å². The second-order valence-electron chi connectivity index (χ2n) is 3.15. The molecule has 4 nitrogen and oxygen atoms in total. The zero-order valence-corrected chi connectivity index (χ0v) is 9.40. The van der Waals surface area contributed by atoms with Crippen LogP contribution in [0.4, 0.5) is 13.2 Å². The highest BCUT2D eigenvalue weighted by Gasteiger charge is 2.36. The van der Waals surface area contributed by atoms with Gasteiger partial charge in [-0.25, -0.2) is 8.42 Å². The fraction of sp³-hybridized carbons (Fsp3) is 0.125. The Bertz CT molecular complexity index is 677. The summed E-state index contributed by atoms with van der Waals surface area (Å²) in [5.41, 5.74) is -1.76. The van der Waals surface area contributed by atoms with Gasteiger partial charge in [0, 0.05) is 16.1 Å². The van der Waals surface area contributed by atoms with E-state index in [1.165, 1.54) is 0 Å². The standard InChI is InChI=1S/C8H3ClF3NO3S/c9-17(14,15)5-1-4-3-13-16-7(4)6(2-5)8(10,11)12/h1-3H. The SMILES string of the molecule is O=S(=O)(Cl)c1cc(C(F)(F)F)c2oncc2c1. The summed E-state index contributed by atoms with van der Waals surface area (Å²) in [6, 6.07) is 1.37. The van der Waals surface area contributed by atoms with E-state index in [0.29, 0.717) is 6.07 Å². The van der Waals surface area contributed by atoms with Crippen LogP contribution < -0.4 is 0 Å². The number of aromatic nitrogens is 1. The molecule has 1 aromatic carbocycles. The van der Waals surface area contributed by atoms with Crippen molar-refractivity contribution in [3.63, 3.8) is 0 Å². The summed E-state index contributed by atoms with van der Waals surface area (Å²) in [5.74, 6) is 0. The first-order chi connectivity index (χ1) is 7.69. The van der Waals surface area contributed by atoms with Crippen molar-refractivity contribution in [3.8, 4) is 0 Å². The van der Waals surface area contributed by atoms with Crippen molar-refractivity contribution >= 4 is 30.7 Å². The predicted octanol–water partition coefficient (Wildman–Crippen LogP) is 2.77. The fourth-order valence-corrected chi connectivity index (χ4v) is 2.10. The average Bonchev–Trinajstić information content (AvgIpc) is 2.59. The number of fused-ring (bicyclic) bond motifs is 1. The van der Waals surface area contributed by atoms with E-state index >= 15 is 0 Å². The molecule has 1 heterocycles. The fourth-order valence-electron chi connectivity index (χ4n) is 1.31. The van der Waals surface area contributed by atoms with Gasteiger partial charge in [-0.2, -0.15) is 13.2 Å². The molecular weight excluding hydrogens is 283 g/mol. The van der Waals surface area contributed by atoms with E-state index in [2.05, 4.69) is 9.68 Å². The minimum Gasteiger partial charge on any atom is -0.356 e. The molecule has 0 fully saturated rings. The lowest BCUT2D eigenvalue weighted by molar-refractivity contribution is -0.137. The highest BCUT2D eigenvalue weighted by Crippen LogP contribution is 2.37. The molecule has 0 spiro atoms. The van der Waals surface area contributed by atoms with Crippen molar-refractivity contribution in [1.82, 2.24) is 5.16 Å². The normalized spacial score (nSPS) is 13.2. The molecule has 9 heteroatoms. The molecule has 0 aliphatic rings. The predicted molar refractivity (Wildman–Crippen MR) is 52.0 cm³/mol. The van der Waals surface area contributed by atoms with Crippen LogP contribution in [0.1, 0.15) is 5.56 Å². The third kappa shape index (κ3) is 2.22. The molecule has 0 amide bonds. The third-order valence-electron chi connectivity index (χ3n) is 2.01. The van der Waals surface area contributed by atoms with Gasteiger partial charge in [0.05, 0.1) is 11.1 Å². The van der Waals surface area contributed by atoms with Gasteiger partial charge in [-0.15, -0.1) is 0 Å². The largest absolute Gasteiger partial charge is 0.420 e. The lowest BCUT2D eigenvalue weighted by atomic mass is 10.1. The molecule has 0 unspecified atom stereocenters. The minimum absolute atomic E-state index is 0.0842. The maximum atomic E-state index is 12.6. The quantitative estimate of drug-likeness (QED) is 0.756. The maximum Gasteiger partial charge on any atom is 0.420 e. The van der Waals surface area contributed by atoms with Gasteiger partial charge in [-0.3, -0.25) is 0 Å². The van der Waals surface area contributed by atoms with Crippen LogP contribution in [0, 0.1) is 0 Å². The number of rotatable bonds is 1. The highest BCUT2D eigenvalue weighted by molar-refractivity contribution is 8.13. The Kier molecular flexibility index (Phi) is 2.58. The zero-order valence-electron chi connectivity index (χ0n) is 7.82. The zero-order chi connectivity index (χ0) is 12.8. The second-order valence-corrected chi connectivity index (χ2v) is 5.72. The maximum absolute atomic E-state index is 12.6.